The molecule has 2 heterocycles. The Balaban J connectivity index is 1.39. The molecule has 1 N–H and O–H groups in total. The average Bonchev–Trinajstić information content (AvgIpc) is 3.40. The van der Waals surface area contributed by atoms with Crippen LogP contribution in [-0.2, 0) is 11.2 Å². The first-order valence-electron chi connectivity index (χ1n) is 9.99. The summed E-state index contributed by atoms with van der Waals surface area (Å²) in [6.07, 6.45) is 3.80. The zero-order chi connectivity index (χ0) is 21.8. The third kappa shape index (κ3) is 4.61. The molecule has 31 heavy (non-hydrogen) atoms. The van der Waals surface area contributed by atoms with E-state index in [-0.39, 0.29) is 17.6 Å². The molecule has 1 aliphatic rings. The highest BCUT2D eigenvalue weighted by Gasteiger charge is 2.21. The first-order valence-corrected chi connectivity index (χ1v) is 11.2. The second kappa shape index (κ2) is 9.30. The number of carbonyl (C=O) groups is 2. The van der Waals surface area contributed by atoms with Crippen LogP contribution in [0.3, 0.4) is 0 Å². The zero-order valence-electron chi connectivity index (χ0n) is 17.0. The Bertz CT molecular complexity index is 1080. The Hall–Kier alpha value is -3.20. The molecule has 3 aromatic rings. The second-order valence-corrected chi connectivity index (χ2v) is 7.89. The van der Waals surface area contributed by atoms with Gasteiger partial charge in [-0.2, -0.15) is 0 Å². The van der Waals surface area contributed by atoms with Crippen molar-refractivity contribution < 1.29 is 14.0 Å². The number of hydrogen-bond acceptors (Lipinski definition) is 5. The monoisotopic (exact) mass is 439 g/mol. The highest BCUT2D eigenvalue weighted by atomic mass is 32.2. The lowest BCUT2D eigenvalue weighted by atomic mass is 10.2. The van der Waals surface area contributed by atoms with E-state index in [2.05, 4.69) is 15.5 Å². The van der Waals surface area contributed by atoms with E-state index < -0.39 is 0 Å². The number of aromatic nitrogens is 3. The van der Waals surface area contributed by atoms with Gasteiger partial charge in [-0.1, -0.05) is 11.8 Å². The summed E-state index contributed by atoms with van der Waals surface area (Å²) < 4.78 is 15.1. The van der Waals surface area contributed by atoms with Crippen molar-refractivity contribution in [3.8, 4) is 5.69 Å². The van der Waals surface area contributed by atoms with Crippen molar-refractivity contribution in [1.82, 2.24) is 20.1 Å². The highest BCUT2D eigenvalue weighted by molar-refractivity contribution is 7.98. The van der Waals surface area contributed by atoms with E-state index in [9.17, 15) is 14.0 Å². The van der Waals surface area contributed by atoms with Gasteiger partial charge in [-0.05, 0) is 61.2 Å². The van der Waals surface area contributed by atoms with Crippen molar-refractivity contribution in [2.45, 2.75) is 24.4 Å². The van der Waals surface area contributed by atoms with E-state index in [4.69, 9.17) is 0 Å². The first-order chi connectivity index (χ1) is 15.1. The van der Waals surface area contributed by atoms with Gasteiger partial charge in [0.05, 0.1) is 0 Å². The molecule has 0 saturated carbocycles. The number of hydrogen-bond donors (Lipinski definition) is 1. The summed E-state index contributed by atoms with van der Waals surface area (Å²) >= 11 is 1.44. The topological polar surface area (TPSA) is 80.1 Å². The molecule has 0 bridgehead atoms. The van der Waals surface area contributed by atoms with E-state index in [1.165, 1.54) is 23.9 Å². The van der Waals surface area contributed by atoms with Crippen LogP contribution in [0.2, 0.25) is 0 Å². The van der Waals surface area contributed by atoms with Crippen LogP contribution in [0, 0.1) is 5.82 Å². The SMILES string of the molecule is CSc1nnc(CCNC(=O)c2ccc(N3CCCC3=O)cc2)n1-c1ccc(F)cc1. The van der Waals surface area contributed by atoms with Gasteiger partial charge < -0.3 is 10.2 Å². The van der Waals surface area contributed by atoms with Crippen molar-refractivity contribution in [2.24, 2.45) is 0 Å². The lowest BCUT2D eigenvalue weighted by Gasteiger charge is -2.15. The van der Waals surface area contributed by atoms with Crippen molar-refractivity contribution >= 4 is 29.3 Å². The van der Waals surface area contributed by atoms with Gasteiger partial charge in [0.1, 0.15) is 11.6 Å². The van der Waals surface area contributed by atoms with Gasteiger partial charge in [0, 0.05) is 42.9 Å². The number of halogens is 1. The third-order valence-corrected chi connectivity index (χ3v) is 5.75. The standard InChI is InChI=1S/C22H22FN5O2S/c1-31-22-26-25-19(28(22)18-10-6-16(23)7-11-18)12-13-24-21(30)15-4-8-17(9-5-15)27-14-2-3-20(27)29/h4-11H,2-3,12-14H2,1H3,(H,24,30). The largest absolute Gasteiger partial charge is 0.352 e. The summed E-state index contributed by atoms with van der Waals surface area (Å²) in [6, 6.07) is 13.2. The Kier molecular flexibility index (Phi) is 6.31. The Morgan fingerprint density at radius 2 is 1.81 bits per heavy atom. The number of carbonyl (C=O) groups excluding carboxylic acids is 2. The number of benzene rings is 2. The van der Waals surface area contributed by atoms with Crippen molar-refractivity contribution in [1.29, 1.82) is 0 Å². The number of nitrogens with one attached hydrogen (secondary N) is 1. The molecule has 0 aliphatic carbocycles. The zero-order valence-corrected chi connectivity index (χ0v) is 17.9. The fraction of sp³-hybridized carbons (Fsp3) is 0.273. The van der Waals surface area contributed by atoms with Crippen LogP contribution in [0.4, 0.5) is 10.1 Å². The maximum Gasteiger partial charge on any atom is 0.251 e. The number of anilines is 1. The van der Waals surface area contributed by atoms with Gasteiger partial charge >= 0.3 is 0 Å². The number of thioether (sulfide) groups is 1. The molecule has 7 nitrogen and oxygen atoms in total. The third-order valence-electron chi connectivity index (χ3n) is 5.12. The molecule has 9 heteroatoms. The smallest absolute Gasteiger partial charge is 0.251 e. The number of rotatable bonds is 7. The van der Waals surface area contributed by atoms with Gasteiger partial charge in [0.25, 0.3) is 5.91 Å². The molecule has 1 saturated heterocycles. The van der Waals surface area contributed by atoms with Crippen LogP contribution in [0.1, 0.15) is 29.0 Å². The summed E-state index contributed by atoms with van der Waals surface area (Å²) in [5.74, 6) is 0.292. The van der Waals surface area contributed by atoms with Crippen LogP contribution in [0.25, 0.3) is 5.69 Å². The molecule has 1 aliphatic heterocycles. The van der Waals surface area contributed by atoms with E-state index in [0.717, 1.165) is 24.3 Å². The number of nitrogens with zero attached hydrogens (tertiary/aromatic N) is 4. The minimum Gasteiger partial charge on any atom is -0.352 e. The minimum atomic E-state index is -0.309. The molecule has 2 aromatic carbocycles. The van der Waals surface area contributed by atoms with Crippen LogP contribution >= 0.6 is 11.8 Å². The fourth-order valence-electron chi connectivity index (χ4n) is 3.55. The van der Waals surface area contributed by atoms with E-state index in [0.29, 0.717) is 35.9 Å². The van der Waals surface area contributed by atoms with Crippen LogP contribution in [0.15, 0.2) is 53.7 Å². The van der Waals surface area contributed by atoms with E-state index in [1.54, 1.807) is 41.3 Å². The molecule has 4 rings (SSSR count). The summed E-state index contributed by atoms with van der Waals surface area (Å²) in [4.78, 5) is 26.1. The molecule has 1 fully saturated rings. The summed E-state index contributed by atoms with van der Waals surface area (Å²) in [5.41, 5.74) is 2.11. The van der Waals surface area contributed by atoms with Crippen molar-refractivity contribution in [3.63, 3.8) is 0 Å². The normalized spacial score (nSPS) is 13.6. The molecular formula is C22H22FN5O2S. The predicted molar refractivity (Wildman–Crippen MR) is 117 cm³/mol. The van der Waals surface area contributed by atoms with Crippen molar-refractivity contribution in [2.75, 3.05) is 24.2 Å². The molecule has 0 radical (unpaired) electrons. The quantitative estimate of drug-likeness (QED) is 0.572. The summed E-state index contributed by atoms with van der Waals surface area (Å²) in [5, 5.41) is 12.0. The Labute approximate surface area is 183 Å². The second-order valence-electron chi connectivity index (χ2n) is 7.12. The highest BCUT2D eigenvalue weighted by Crippen LogP contribution is 2.22. The maximum atomic E-state index is 13.3. The molecule has 160 valence electrons. The molecule has 0 atom stereocenters. The van der Waals surface area contributed by atoms with Gasteiger partial charge in [0.2, 0.25) is 5.91 Å². The molecule has 1 aromatic heterocycles. The lowest BCUT2D eigenvalue weighted by molar-refractivity contribution is -0.117. The minimum absolute atomic E-state index is 0.118. The van der Waals surface area contributed by atoms with Crippen LogP contribution in [0.5, 0.6) is 0 Å². The van der Waals surface area contributed by atoms with Crippen LogP contribution in [-0.4, -0.2) is 45.9 Å². The van der Waals surface area contributed by atoms with Gasteiger partial charge in [-0.3, -0.25) is 14.2 Å². The Morgan fingerprint density at radius 1 is 1.10 bits per heavy atom. The summed E-state index contributed by atoms with van der Waals surface area (Å²) in [6.45, 7) is 1.09. The van der Waals surface area contributed by atoms with E-state index in [1.807, 2.05) is 10.8 Å². The van der Waals surface area contributed by atoms with Crippen LogP contribution < -0.4 is 10.2 Å². The maximum absolute atomic E-state index is 13.3. The molecule has 0 spiro atoms. The summed E-state index contributed by atoms with van der Waals surface area (Å²) in [7, 11) is 0. The first kappa shape index (κ1) is 21.0. The molecular weight excluding hydrogens is 417 g/mol. The van der Waals surface area contributed by atoms with Gasteiger partial charge in [0.15, 0.2) is 5.16 Å². The van der Waals surface area contributed by atoms with Gasteiger partial charge in [-0.15, -0.1) is 10.2 Å². The van der Waals surface area contributed by atoms with Gasteiger partial charge in [-0.25, -0.2) is 4.39 Å². The number of amides is 2. The van der Waals surface area contributed by atoms with Crippen molar-refractivity contribution in [3.05, 3.63) is 65.7 Å². The molecule has 2 amide bonds. The average molecular weight is 440 g/mol. The molecule has 0 unspecified atom stereocenters. The fourth-order valence-corrected chi connectivity index (χ4v) is 4.06. The van der Waals surface area contributed by atoms with E-state index >= 15 is 0 Å². The Morgan fingerprint density at radius 3 is 2.45 bits per heavy atom. The predicted octanol–water partition coefficient (Wildman–Crippen LogP) is 3.23. The lowest BCUT2D eigenvalue weighted by Crippen LogP contribution is -2.27.